The van der Waals surface area contributed by atoms with Gasteiger partial charge >= 0.3 is 34.1 Å². The van der Waals surface area contributed by atoms with Crippen LogP contribution in [-0.4, -0.2) is 27.3 Å². The van der Waals surface area contributed by atoms with Crippen molar-refractivity contribution in [1.82, 2.24) is 10.4 Å². The van der Waals surface area contributed by atoms with Crippen molar-refractivity contribution in [1.29, 1.82) is 0 Å². The summed E-state index contributed by atoms with van der Waals surface area (Å²) in [5.74, 6) is -0.682. The molecule has 0 aliphatic heterocycles. The molecule has 0 aliphatic rings. The standard InChI is InChI=1S/C13H11N3O3.2ClH.V/c17-11-4-1-5-12(18)10(11)8-15-16-13(19)9-3-2-6-14-7-9;;;/h1-8,17-18H,(H,16,19);2*1H;/q;;;+2/p-2/b15-8+;;;. The molecule has 0 saturated carbocycles. The van der Waals surface area contributed by atoms with Gasteiger partial charge in [0.15, 0.2) is 0 Å². The Hall–Kier alpha value is -1.73. The average molecular weight is 379 g/mol. The first-order chi connectivity index (χ1) is 10.6. The van der Waals surface area contributed by atoms with E-state index in [-0.39, 0.29) is 31.4 Å². The second-order valence-corrected chi connectivity index (χ2v) is 6.02. The molecule has 6 nitrogen and oxygen atoms in total. The van der Waals surface area contributed by atoms with Crippen molar-refractivity contribution in [3.63, 3.8) is 0 Å². The van der Waals surface area contributed by atoms with Gasteiger partial charge in [-0.1, -0.05) is 6.07 Å². The predicted octanol–water partition coefficient (Wildman–Crippen LogP) is 2.63. The molecule has 0 fully saturated rings. The number of hydrogen-bond donors (Lipinski definition) is 3. The number of phenolic OH excluding ortho intramolecular Hbond substituents is 2. The monoisotopic (exact) mass is 378 g/mol. The molecule has 0 aliphatic carbocycles. The summed E-state index contributed by atoms with van der Waals surface area (Å²) in [5, 5.41) is 22.7. The van der Waals surface area contributed by atoms with Crippen LogP contribution in [0.2, 0.25) is 0 Å². The number of phenols is 2. The van der Waals surface area contributed by atoms with Crippen molar-refractivity contribution < 1.29 is 29.4 Å². The number of hydrazone groups is 1. The Labute approximate surface area is 142 Å². The Morgan fingerprint density at radius 1 is 1.23 bits per heavy atom. The zero-order chi connectivity index (χ0) is 16.4. The van der Waals surface area contributed by atoms with E-state index in [0.29, 0.717) is 5.56 Å². The van der Waals surface area contributed by atoms with E-state index in [1.54, 1.807) is 18.3 Å². The number of nitrogens with zero attached hydrogens (tertiary/aromatic N) is 2. The number of nitrogens with one attached hydrogen (secondary N) is 1. The molecular weight excluding hydrogens is 368 g/mol. The molecule has 1 aromatic carbocycles. The predicted molar refractivity (Wildman–Crippen MR) is 80.8 cm³/mol. The molecule has 1 amide bonds. The van der Waals surface area contributed by atoms with Crippen molar-refractivity contribution in [3.05, 3.63) is 53.9 Å². The molecule has 9 heteroatoms. The van der Waals surface area contributed by atoms with Gasteiger partial charge in [0.25, 0.3) is 5.91 Å². The van der Waals surface area contributed by atoms with Gasteiger partial charge in [0, 0.05) is 12.4 Å². The third-order valence-corrected chi connectivity index (χ3v) is 2.34. The number of hydrogen-bond acceptors (Lipinski definition) is 5. The van der Waals surface area contributed by atoms with Gasteiger partial charge in [-0.3, -0.25) is 9.78 Å². The Morgan fingerprint density at radius 3 is 2.41 bits per heavy atom. The zero-order valence-electron chi connectivity index (χ0n) is 11.0. The number of aromatic nitrogens is 1. The molecule has 2 rings (SSSR count). The molecule has 3 N–H and O–H groups in total. The molecule has 22 heavy (non-hydrogen) atoms. The first-order valence-corrected chi connectivity index (χ1v) is 9.61. The van der Waals surface area contributed by atoms with E-state index >= 15 is 0 Å². The summed E-state index contributed by atoms with van der Waals surface area (Å²) < 4.78 is 0. The summed E-state index contributed by atoms with van der Waals surface area (Å²) in [6.45, 7) is 0. The van der Waals surface area contributed by atoms with Crippen molar-refractivity contribution in [2.24, 2.45) is 5.10 Å². The van der Waals surface area contributed by atoms with Gasteiger partial charge in [-0.15, -0.1) is 0 Å². The normalized spacial score (nSPS) is 9.73. The van der Waals surface area contributed by atoms with E-state index in [2.05, 4.69) is 15.5 Å². The van der Waals surface area contributed by atoms with Crippen LogP contribution in [0.3, 0.4) is 0 Å². The van der Waals surface area contributed by atoms with Crippen LogP contribution in [0.1, 0.15) is 15.9 Å². The summed E-state index contributed by atoms with van der Waals surface area (Å²) in [4.78, 5) is 15.4. The van der Waals surface area contributed by atoms with Crippen LogP contribution in [0.25, 0.3) is 0 Å². The number of aromatic hydroxyl groups is 2. The van der Waals surface area contributed by atoms with E-state index in [0.717, 1.165) is 0 Å². The molecule has 0 spiro atoms. The number of pyridine rings is 1. The van der Waals surface area contributed by atoms with Crippen LogP contribution < -0.4 is 5.43 Å². The minimum absolute atomic E-state index is 0.126. The summed E-state index contributed by atoms with van der Waals surface area (Å²) in [6.07, 6.45) is 4.13. The number of benzene rings is 1. The maximum atomic E-state index is 11.6. The third-order valence-electron chi connectivity index (χ3n) is 2.34. The Kier molecular flexibility index (Phi) is 8.39. The third kappa shape index (κ3) is 5.95. The van der Waals surface area contributed by atoms with Crippen LogP contribution in [0.15, 0.2) is 47.8 Å². The van der Waals surface area contributed by atoms with Gasteiger partial charge in [0.1, 0.15) is 11.5 Å². The molecule has 115 valence electrons. The average Bonchev–Trinajstić information content (AvgIpc) is 2.52. The second kappa shape index (κ2) is 10.1. The van der Waals surface area contributed by atoms with Gasteiger partial charge in [-0.05, 0) is 24.3 Å². The number of halogens is 2. The van der Waals surface area contributed by atoms with Crippen LogP contribution in [0, 0.1) is 0 Å². The summed E-state index contributed by atoms with van der Waals surface area (Å²) in [6, 6.07) is 7.53. The van der Waals surface area contributed by atoms with Crippen LogP contribution in [0.4, 0.5) is 0 Å². The van der Waals surface area contributed by atoms with E-state index in [9.17, 15) is 15.0 Å². The van der Waals surface area contributed by atoms with E-state index in [1.807, 2.05) is 0 Å². The van der Waals surface area contributed by atoms with Crippen LogP contribution >= 0.6 is 19.7 Å². The van der Waals surface area contributed by atoms with Crippen molar-refractivity contribution >= 4 is 31.8 Å². The molecule has 0 saturated heterocycles. The number of carbonyl (C=O) groups is 1. The van der Waals surface area contributed by atoms with E-state index < -0.39 is 5.91 Å². The summed E-state index contributed by atoms with van der Waals surface area (Å²) in [7, 11) is 9.72. The van der Waals surface area contributed by atoms with Crippen molar-refractivity contribution in [2.75, 3.05) is 0 Å². The molecule has 0 atom stereocenters. The first kappa shape index (κ1) is 18.3. The van der Waals surface area contributed by atoms with Crippen LogP contribution in [0.5, 0.6) is 11.5 Å². The Balaban J connectivity index is 0.000000745. The quantitative estimate of drug-likeness (QED) is 0.565. The fourth-order valence-electron chi connectivity index (χ4n) is 1.39. The minimum atomic E-state index is -0.431. The van der Waals surface area contributed by atoms with Gasteiger partial charge < -0.3 is 10.2 Å². The van der Waals surface area contributed by atoms with Crippen molar-refractivity contribution in [3.8, 4) is 11.5 Å². The fourth-order valence-corrected chi connectivity index (χ4v) is 1.39. The molecule has 1 aromatic heterocycles. The summed E-state index contributed by atoms with van der Waals surface area (Å²) >= 11 is -0.368. The van der Waals surface area contributed by atoms with E-state index in [4.69, 9.17) is 19.7 Å². The topological polar surface area (TPSA) is 94.8 Å². The Morgan fingerprint density at radius 2 is 1.86 bits per heavy atom. The molecule has 0 radical (unpaired) electrons. The zero-order valence-corrected chi connectivity index (χ0v) is 13.9. The molecule has 0 bridgehead atoms. The van der Waals surface area contributed by atoms with Crippen LogP contribution in [-0.2, 0) is 14.4 Å². The molecule has 1 heterocycles. The molecule has 0 unspecified atom stereocenters. The van der Waals surface area contributed by atoms with Gasteiger partial charge in [0.2, 0.25) is 0 Å². The molecular formula is C13H11Cl2N3O3V. The SMILES string of the molecule is O=C(N/N=C/c1c(O)cccc1O)c1cccnc1.[Cl][V][Cl]. The number of carbonyl (C=O) groups excluding carboxylic acids is 1. The molecule has 2 aromatic rings. The van der Waals surface area contributed by atoms with Crippen molar-refractivity contribution in [2.45, 2.75) is 0 Å². The second-order valence-electron chi connectivity index (χ2n) is 3.71. The van der Waals surface area contributed by atoms with Gasteiger partial charge in [0.05, 0.1) is 17.3 Å². The van der Waals surface area contributed by atoms with Gasteiger partial charge in [-0.25, -0.2) is 5.43 Å². The first-order valence-electron chi connectivity index (χ1n) is 5.76. The Bertz CT molecular complexity index is 621. The number of amides is 1. The van der Waals surface area contributed by atoms with Gasteiger partial charge in [-0.2, -0.15) is 5.10 Å². The number of rotatable bonds is 3. The fraction of sp³-hybridized carbons (Fsp3) is 0. The van der Waals surface area contributed by atoms with E-state index in [1.165, 1.54) is 30.6 Å². The maximum absolute atomic E-state index is 11.6. The summed E-state index contributed by atoms with van der Waals surface area (Å²) in [5.41, 5.74) is 2.77.